The second-order valence-electron chi connectivity index (χ2n) is 18.1. The summed E-state index contributed by atoms with van der Waals surface area (Å²) in [5, 5.41) is 0. The highest BCUT2D eigenvalue weighted by Gasteiger charge is 2.31. The lowest BCUT2D eigenvalue weighted by Crippen LogP contribution is -2.39. The minimum absolute atomic E-state index is 0.0109. The molecule has 7 heterocycles. The lowest BCUT2D eigenvalue weighted by molar-refractivity contribution is 0.0860. The molecule has 0 aliphatic carbocycles. The predicted molar refractivity (Wildman–Crippen MR) is 274 cm³/mol. The number of hydrogen-bond donors (Lipinski definition) is 0. The van der Waals surface area contributed by atoms with E-state index in [-0.39, 0.29) is 48.4 Å². The lowest BCUT2D eigenvalue weighted by Gasteiger charge is -2.33. The van der Waals surface area contributed by atoms with E-state index in [1.807, 2.05) is 96.5 Å². The first-order valence-corrected chi connectivity index (χ1v) is 24.6. The quantitative estimate of drug-likeness (QED) is 0.139. The maximum atomic E-state index is 14.0. The topological polar surface area (TPSA) is 132 Å². The third kappa shape index (κ3) is 10.8. The normalized spacial score (nSPS) is 14.9. The van der Waals surface area contributed by atoms with Crippen LogP contribution in [0.4, 0.5) is 15.3 Å². The van der Waals surface area contributed by atoms with Crippen molar-refractivity contribution in [3.8, 4) is 22.3 Å². The number of nitrogens with zero attached hydrogens (tertiary/aromatic N) is 7. The number of rotatable bonds is 9. The van der Waals surface area contributed by atoms with Gasteiger partial charge in [0.15, 0.2) is 0 Å². The Balaban J connectivity index is 0.000000179. The number of aromatic nitrogens is 4. The first kappa shape index (κ1) is 47.7. The van der Waals surface area contributed by atoms with E-state index in [4.69, 9.17) is 9.47 Å². The Hall–Kier alpha value is -7.32. The number of fused-ring (bicyclic) bond motifs is 1. The van der Waals surface area contributed by atoms with Crippen molar-refractivity contribution in [2.75, 3.05) is 31.1 Å². The molecule has 0 atom stereocenters. The van der Waals surface area contributed by atoms with Crippen molar-refractivity contribution in [3.63, 3.8) is 0 Å². The maximum Gasteiger partial charge on any atom is 0.410 e. The fourth-order valence-corrected chi connectivity index (χ4v) is 10.4. The van der Waals surface area contributed by atoms with Gasteiger partial charge in [-0.3, -0.25) is 19.6 Å². The Morgan fingerprint density at radius 2 is 0.957 bits per heavy atom. The molecule has 2 amide bonds. The van der Waals surface area contributed by atoms with Gasteiger partial charge in [-0.2, -0.15) is 0 Å². The van der Waals surface area contributed by atoms with Crippen LogP contribution in [0.1, 0.15) is 71.2 Å². The molecule has 0 unspecified atom stereocenters. The van der Waals surface area contributed by atoms with Gasteiger partial charge in [0.2, 0.25) is 0 Å². The van der Waals surface area contributed by atoms with Crippen LogP contribution in [0.2, 0.25) is 0 Å². The number of piperidine rings is 2. The van der Waals surface area contributed by atoms with Crippen LogP contribution >= 0.6 is 15.9 Å². The highest BCUT2D eigenvalue weighted by atomic mass is 79.9. The molecule has 0 bridgehead atoms. The smallest absolute Gasteiger partial charge is 0.410 e. The number of carbonyl (C=O) groups excluding carboxylic acids is 2. The van der Waals surface area contributed by atoms with Crippen LogP contribution in [0.25, 0.3) is 22.3 Å². The highest BCUT2D eigenvalue weighted by molar-refractivity contribution is 9.10. The number of benzene rings is 3. The first-order chi connectivity index (χ1) is 34.1. The standard InChI is InChI=1S/C32H32N4O3.C24H24BrN3O3/c1-34-29(25-13-17-35(18-14-25)32(38)39-22-23-7-3-2-4-8-23)19-28(24-11-15-33-16-12-24)30(31(34)37)36-20-26-9-5-6-10-27(26)21-36;1-27-21(15-20(22(25)23(27)29)18-7-11-26-12-8-18)19-9-13-28(14-10-19)24(30)31-16-17-5-3-2-4-6-17/h2-12,15-16,19,25H,13-14,17-18,20-22H2,1H3;2-8,11-12,15,19H,9-10,13-14,16H2,1H3. The summed E-state index contributed by atoms with van der Waals surface area (Å²) in [6.45, 7) is 4.38. The Kier molecular flexibility index (Phi) is 15.0. The molecule has 13 nitrogen and oxygen atoms in total. The first-order valence-electron chi connectivity index (χ1n) is 23.8. The molecule has 0 radical (unpaired) electrons. The van der Waals surface area contributed by atoms with Crippen molar-refractivity contribution in [2.45, 2.75) is 63.8 Å². The number of halogens is 1. The van der Waals surface area contributed by atoms with Gasteiger partial charge in [-0.1, -0.05) is 84.9 Å². The molecule has 2 fully saturated rings. The molecular weight excluding hydrogens is 947 g/mol. The van der Waals surface area contributed by atoms with Crippen LogP contribution in [0, 0.1) is 0 Å². The Morgan fingerprint density at radius 3 is 1.41 bits per heavy atom. The monoisotopic (exact) mass is 1000 g/mol. The number of ether oxygens (including phenoxy) is 2. The SMILES string of the molecule is Cn1c(C2CCN(C(=O)OCc3ccccc3)CC2)cc(-c2ccncc2)c(Br)c1=O.Cn1c(C2CCN(C(=O)OCc3ccccc3)CC2)cc(-c2ccncc2)c(N2Cc3ccccc3C2)c1=O. The molecule has 3 aliphatic rings. The van der Waals surface area contributed by atoms with E-state index in [1.165, 1.54) is 11.1 Å². The number of pyridine rings is 4. The van der Waals surface area contributed by atoms with Crippen molar-refractivity contribution in [1.29, 1.82) is 0 Å². The molecule has 4 aromatic heterocycles. The second-order valence-corrected chi connectivity index (χ2v) is 18.8. The molecule has 0 N–H and O–H groups in total. The summed E-state index contributed by atoms with van der Waals surface area (Å²) in [6.07, 6.45) is 9.53. The Morgan fingerprint density at radius 1 is 0.557 bits per heavy atom. The molecule has 70 heavy (non-hydrogen) atoms. The van der Waals surface area contributed by atoms with Gasteiger partial charge in [-0.25, -0.2) is 9.59 Å². The molecule has 0 saturated carbocycles. The van der Waals surface area contributed by atoms with Crippen molar-refractivity contribution >= 4 is 33.8 Å². The fourth-order valence-electron chi connectivity index (χ4n) is 9.80. The minimum Gasteiger partial charge on any atom is -0.445 e. The average molecular weight is 1000 g/mol. The molecule has 3 aliphatic heterocycles. The van der Waals surface area contributed by atoms with E-state index in [2.05, 4.69) is 67.2 Å². The van der Waals surface area contributed by atoms with Gasteiger partial charge in [0.05, 0.1) is 4.47 Å². The van der Waals surface area contributed by atoms with Crippen molar-refractivity contribution in [3.05, 3.63) is 205 Å². The molecule has 14 heteroatoms. The third-order valence-electron chi connectivity index (χ3n) is 13.7. The predicted octanol–water partition coefficient (Wildman–Crippen LogP) is 10.2. The summed E-state index contributed by atoms with van der Waals surface area (Å²) in [5.41, 5.74) is 10.9. The van der Waals surface area contributed by atoms with Crippen molar-refractivity contribution in [2.24, 2.45) is 14.1 Å². The van der Waals surface area contributed by atoms with E-state index in [9.17, 15) is 19.2 Å². The summed E-state index contributed by atoms with van der Waals surface area (Å²) in [5.74, 6) is 0.371. The third-order valence-corrected chi connectivity index (χ3v) is 14.5. The molecule has 0 spiro atoms. The summed E-state index contributed by atoms with van der Waals surface area (Å²) in [4.78, 5) is 65.9. The van der Waals surface area contributed by atoms with Gasteiger partial charge < -0.3 is 33.3 Å². The maximum absolute atomic E-state index is 14.0. The Labute approximate surface area is 416 Å². The van der Waals surface area contributed by atoms with Gasteiger partial charge >= 0.3 is 12.2 Å². The summed E-state index contributed by atoms with van der Waals surface area (Å²) < 4.78 is 15.1. The van der Waals surface area contributed by atoms with Crippen LogP contribution in [0.5, 0.6) is 0 Å². The molecule has 2 saturated heterocycles. The van der Waals surface area contributed by atoms with Crippen molar-refractivity contribution < 1.29 is 19.1 Å². The lowest BCUT2D eigenvalue weighted by atomic mass is 9.90. The van der Waals surface area contributed by atoms with Gasteiger partial charge in [0, 0.05) is 113 Å². The second kappa shape index (κ2) is 22.0. The average Bonchev–Trinajstić information content (AvgIpc) is 3.85. The highest BCUT2D eigenvalue weighted by Crippen LogP contribution is 2.38. The van der Waals surface area contributed by atoms with E-state index in [0.717, 1.165) is 76.1 Å². The van der Waals surface area contributed by atoms with Crippen LogP contribution in [-0.4, -0.2) is 67.3 Å². The number of hydrogen-bond acceptors (Lipinski definition) is 9. The number of likely N-dealkylation sites (tertiary alicyclic amines) is 2. The van der Waals surface area contributed by atoms with Crippen molar-refractivity contribution in [1.82, 2.24) is 28.9 Å². The molecular formula is C56H56BrN7O6. The van der Waals surface area contributed by atoms with E-state index < -0.39 is 0 Å². The minimum atomic E-state index is -0.288. The summed E-state index contributed by atoms with van der Waals surface area (Å²) >= 11 is 3.47. The van der Waals surface area contributed by atoms with Gasteiger partial charge in [-0.15, -0.1) is 0 Å². The zero-order chi connectivity index (χ0) is 48.6. The molecule has 358 valence electrons. The van der Waals surface area contributed by atoms with Gasteiger partial charge in [0.25, 0.3) is 11.1 Å². The van der Waals surface area contributed by atoms with Crippen LogP contribution in [-0.2, 0) is 49.9 Å². The van der Waals surface area contributed by atoms with Gasteiger partial charge in [0.1, 0.15) is 18.9 Å². The van der Waals surface area contributed by atoms with E-state index in [0.29, 0.717) is 43.7 Å². The zero-order valence-corrected chi connectivity index (χ0v) is 41.0. The van der Waals surface area contributed by atoms with E-state index in [1.54, 1.807) is 46.2 Å². The van der Waals surface area contributed by atoms with Crippen LogP contribution in [0.3, 0.4) is 0 Å². The summed E-state index contributed by atoms with van der Waals surface area (Å²) in [7, 11) is 3.68. The van der Waals surface area contributed by atoms with Crippen LogP contribution < -0.4 is 16.0 Å². The molecule has 3 aromatic carbocycles. The number of amides is 2. The molecule has 7 aromatic rings. The zero-order valence-electron chi connectivity index (χ0n) is 39.5. The van der Waals surface area contributed by atoms with E-state index >= 15 is 0 Å². The fraction of sp³-hybridized carbons (Fsp3) is 0.286. The number of anilines is 1. The Bertz CT molecular complexity index is 3020. The number of carbonyl (C=O) groups is 2. The van der Waals surface area contributed by atoms with Crippen LogP contribution in [0.15, 0.2) is 160 Å². The largest absolute Gasteiger partial charge is 0.445 e. The van der Waals surface area contributed by atoms with Gasteiger partial charge in [-0.05, 0) is 111 Å². The molecule has 10 rings (SSSR count). The summed E-state index contributed by atoms with van der Waals surface area (Å²) in [6, 6.07) is 39.8.